The van der Waals surface area contributed by atoms with Crippen LogP contribution in [0.2, 0.25) is 5.02 Å². The fourth-order valence-electron chi connectivity index (χ4n) is 6.41. The molecule has 0 radical (unpaired) electrons. The van der Waals surface area contributed by atoms with E-state index in [1.54, 1.807) is 32.3 Å². The molecule has 2 atom stereocenters. The van der Waals surface area contributed by atoms with Gasteiger partial charge in [-0.1, -0.05) is 30.7 Å². The molecule has 2 heterocycles. The van der Waals surface area contributed by atoms with E-state index in [0.717, 1.165) is 22.8 Å². The minimum atomic E-state index is -4.43. The molecule has 12 heteroatoms. The number of carbonyl (C=O) groups is 2. The summed E-state index contributed by atoms with van der Waals surface area (Å²) in [6, 6.07) is 15.5. The second-order valence-corrected chi connectivity index (χ2v) is 13.6. The summed E-state index contributed by atoms with van der Waals surface area (Å²) in [4.78, 5) is 32.2. The molecule has 0 saturated carbocycles. The number of carbonyl (C=O) groups excluding carboxylic acids is 2. The molecule has 1 N–H and O–H groups in total. The Bertz CT molecular complexity index is 1700. The van der Waals surface area contributed by atoms with Crippen LogP contribution >= 0.6 is 11.6 Å². The summed E-state index contributed by atoms with van der Waals surface area (Å²) in [5, 5.41) is 3.70. The molecule has 0 bridgehead atoms. The van der Waals surface area contributed by atoms with Crippen LogP contribution in [0.4, 0.5) is 5.69 Å². The van der Waals surface area contributed by atoms with Crippen molar-refractivity contribution in [1.29, 1.82) is 0 Å². The van der Waals surface area contributed by atoms with Gasteiger partial charge in [-0.05, 0) is 79.9 Å². The zero-order valence-corrected chi connectivity index (χ0v) is 27.7. The average molecular weight is 655 g/mol. The highest BCUT2D eigenvalue weighted by Crippen LogP contribution is 2.55. The van der Waals surface area contributed by atoms with Crippen LogP contribution in [0.5, 0.6) is 11.5 Å². The van der Waals surface area contributed by atoms with Crippen molar-refractivity contribution >= 4 is 39.1 Å². The van der Waals surface area contributed by atoms with Crippen molar-refractivity contribution in [2.45, 2.75) is 49.2 Å². The Morgan fingerprint density at radius 1 is 1.04 bits per heavy atom. The van der Waals surface area contributed by atoms with Crippen LogP contribution in [-0.4, -0.2) is 77.5 Å². The molecular weight excluding hydrogens is 616 g/mol. The van der Waals surface area contributed by atoms with E-state index in [-0.39, 0.29) is 16.5 Å². The Morgan fingerprint density at radius 3 is 2.42 bits per heavy atom. The third-order valence-corrected chi connectivity index (χ3v) is 10.4. The lowest BCUT2D eigenvalue weighted by Crippen LogP contribution is -2.59. The number of hydrogen-bond acceptors (Lipinski definition) is 8. The number of amides is 2. The van der Waals surface area contributed by atoms with Gasteiger partial charge in [0.25, 0.3) is 15.9 Å². The maximum Gasteiger partial charge on any atom is 0.271 e. The molecule has 2 aliphatic heterocycles. The number of likely N-dealkylation sites (N-methyl/N-ethyl adjacent to an activating group) is 1. The van der Waals surface area contributed by atoms with Crippen LogP contribution in [0.25, 0.3) is 0 Å². The molecular formula is C33H39ClN4O6S. The molecule has 240 valence electrons. The molecule has 3 aromatic rings. The minimum absolute atomic E-state index is 0.0833. The van der Waals surface area contributed by atoms with Gasteiger partial charge in [0, 0.05) is 43.3 Å². The van der Waals surface area contributed by atoms with Crippen molar-refractivity contribution in [1.82, 2.24) is 15.1 Å². The van der Waals surface area contributed by atoms with E-state index in [1.807, 2.05) is 23.1 Å². The standard InChI is InChI=1S/C33H39ClN4O6S/c1-6-17-35-21-22-9-15-26(30(19-22)44-5)33(37-18-7-8-29(37)31(39)36(2)3)27-20-23(34)10-16-28(27)38(32(33)40)45(41,42)25-13-11-24(43-4)12-14-25/h9-16,19-20,29,35H,6-8,17-18,21H2,1-5H3/t29-,33?/m0/s1. The Kier molecular flexibility index (Phi) is 9.46. The topological polar surface area (TPSA) is 108 Å². The van der Waals surface area contributed by atoms with Gasteiger partial charge in [-0.2, -0.15) is 0 Å². The molecule has 0 spiro atoms. The fourth-order valence-corrected chi connectivity index (χ4v) is 8.04. The van der Waals surface area contributed by atoms with Gasteiger partial charge in [-0.3, -0.25) is 14.5 Å². The molecule has 1 saturated heterocycles. The zero-order valence-electron chi connectivity index (χ0n) is 26.2. The average Bonchev–Trinajstić information content (AvgIpc) is 3.61. The van der Waals surface area contributed by atoms with E-state index in [2.05, 4.69) is 12.2 Å². The van der Waals surface area contributed by atoms with Gasteiger partial charge in [-0.25, -0.2) is 12.7 Å². The smallest absolute Gasteiger partial charge is 0.271 e. The van der Waals surface area contributed by atoms with Crippen LogP contribution in [0, 0.1) is 0 Å². The van der Waals surface area contributed by atoms with Crippen LogP contribution in [-0.2, 0) is 31.7 Å². The molecule has 2 amide bonds. The van der Waals surface area contributed by atoms with Gasteiger partial charge in [0.1, 0.15) is 11.5 Å². The van der Waals surface area contributed by atoms with Crippen LogP contribution in [0.1, 0.15) is 42.9 Å². The quantitative estimate of drug-likeness (QED) is 0.304. The van der Waals surface area contributed by atoms with Gasteiger partial charge < -0.3 is 19.7 Å². The van der Waals surface area contributed by atoms with E-state index in [4.69, 9.17) is 21.1 Å². The van der Waals surface area contributed by atoms with Crippen molar-refractivity contribution in [3.05, 3.63) is 82.4 Å². The Morgan fingerprint density at radius 2 is 1.78 bits per heavy atom. The van der Waals surface area contributed by atoms with E-state index < -0.39 is 27.5 Å². The van der Waals surface area contributed by atoms with Gasteiger partial charge in [0.05, 0.1) is 30.8 Å². The number of hydrogen-bond donors (Lipinski definition) is 1. The van der Waals surface area contributed by atoms with Gasteiger partial charge >= 0.3 is 0 Å². The maximum absolute atomic E-state index is 15.3. The highest BCUT2D eigenvalue weighted by Gasteiger charge is 2.63. The fraction of sp³-hybridized carbons (Fsp3) is 0.394. The van der Waals surface area contributed by atoms with Gasteiger partial charge in [0.15, 0.2) is 5.54 Å². The SMILES string of the molecule is CCCNCc1ccc(C2(N3CCC[C@H]3C(=O)N(C)C)C(=O)N(S(=O)(=O)c3ccc(OC)cc3)c3ccc(Cl)cc32)c(OC)c1. The molecule has 45 heavy (non-hydrogen) atoms. The van der Waals surface area contributed by atoms with Crippen LogP contribution < -0.4 is 19.1 Å². The summed E-state index contributed by atoms with van der Waals surface area (Å²) in [7, 11) is 1.92. The number of nitrogens with zero attached hydrogens (tertiary/aromatic N) is 3. The second kappa shape index (κ2) is 13.0. The lowest BCUT2D eigenvalue weighted by molar-refractivity contribution is -0.138. The number of benzene rings is 3. The number of likely N-dealkylation sites (tertiary alicyclic amines) is 1. The first-order valence-corrected chi connectivity index (χ1v) is 16.7. The Labute approximate surface area is 269 Å². The number of fused-ring (bicyclic) bond motifs is 1. The number of sulfonamides is 1. The Balaban J connectivity index is 1.80. The largest absolute Gasteiger partial charge is 0.497 e. The monoisotopic (exact) mass is 654 g/mol. The van der Waals surface area contributed by atoms with Crippen molar-refractivity contribution < 1.29 is 27.5 Å². The minimum Gasteiger partial charge on any atom is -0.497 e. The van der Waals surface area contributed by atoms with E-state index in [0.29, 0.717) is 53.6 Å². The highest BCUT2D eigenvalue weighted by molar-refractivity contribution is 7.93. The van der Waals surface area contributed by atoms with Gasteiger partial charge in [0.2, 0.25) is 5.91 Å². The highest BCUT2D eigenvalue weighted by atomic mass is 35.5. The van der Waals surface area contributed by atoms with Crippen LogP contribution in [0.15, 0.2) is 65.6 Å². The van der Waals surface area contributed by atoms with E-state index in [1.165, 1.54) is 43.4 Å². The number of ether oxygens (including phenoxy) is 2. The first-order valence-electron chi connectivity index (χ1n) is 14.9. The second-order valence-electron chi connectivity index (χ2n) is 11.4. The molecule has 10 nitrogen and oxygen atoms in total. The summed E-state index contributed by atoms with van der Waals surface area (Å²) >= 11 is 6.60. The number of nitrogens with one attached hydrogen (secondary N) is 1. The molecule has 1 fully saturated rings. The third kappa shape index (κ3) is 5.56. The molecule has 0 aromatic heterocycles. The summed E-state index contributed by atoms with van der Waals surface area (Å²) in [5.74, 6) is -0.0384. The Hall–Kier alpha value is -3.64. The summed E-state index contributed by atoms with van der Waals surface area (Å²) in [6.07, 6.45) is 2.09. The summed E-state index contributed by atoms with van der Waals surface area (Å²) < 4.78 is 40.8. The molecule has 3 aromatic carbocycles. The first-order chi connectivity index (χ1) is 21.5. The molecule has 2 aliphatic rings. The lowest BCUT2D eigenvalue weighted by Gasteiger charge is -2.42. The predicted molar refractivity (Wildman–Crippen MR) is 173 cm³/mol. The van der Waals surface area contributed by atoms with Crippen molar-refractivity contribution in [3.8, 4) is 11.5 Å². The van der Waals surface area contributed by atoms with Crippen molar-refractivity contribution in [2.24, 2.45) is 0 Å². The van der Waals surface area contributed by atoms with E-state index in [9.17, 15) is 13.2 Å². The number of rotatable bonds is 11. The van der Waals surface area contributed by atoms with Crippen molar-refractivity contribution in [2.75, 3.05) is 45.7 Å². The van der Waals surface area contributed by atoms with Crippen molar-refractivity contribution in [3.63, 3.8) is 0 Å². The number of anilines is 1. The molecule has 5 rings (SSSR count). The normalized spacial score (nSPS) is 19.9. The summed E-state index contributed by atoms with van der Waals surface area (Å²) in [5.41, 5.74) is 0.155. The lowest BCUT2D eigenvalue weighted by atomic mass is 9.80. The molecule has 0 aliphatic carbocycles. The maximum atomic E-state index is 15.3. The van der Waals surface area contributed by atoms with E-state index >= 15 is 4.79 Å². The zero-order chi connectivity index (χ0) is 32.5. The number of methoxy groups -OCH3 is 2. The predicted octanol–water partition coefficient (Wildman–Crippen LogP) is 4.39. The van der Waals surface area contributed by atoms with Crippen LogP contribution in [0.3, 0.4) is 0 Å². The summed E-state index contributed by atoms with van der Waals surface area (Å²) in [6.45, 7) is 3.86. The number of halogens is 1. The van der Waals surface area contributed by atoms with Gasteiger partial charge in [-0.15, -0.1) is 0 Å². The third-order valence-electron chi connectivity index (χ3n) is 8.48. The molecule has 1 unspecified atom stereocenters. The first kappa shape index (κ1) is 32.7.